The molecule has 1 unspecified atom stereocenters. The molecule has 3 aromatic rings. The lowest BCUT2D eigenvalue weighted by molar-refractivity contribution is -0.150. The van der Waals surface area contributed by atoms with Crippen molar-refractivity contribution in [1.82, 2.24) is 10.3 Å². The van der Waals surface area contributed by atoms with Crippen LogP contribution in [0.1, 0.15) is 48.3 Å². The van der Waals surface area contributed by atoms with E-state index < -0.39 is 47.5 Å². The number of halogens is 2. The molecule has 2 aromatic carbocycles. The number of hydrogen-bond acceptors (Lipinski definition) is 7. The normalized spacial score (nSPS) is 12.3. The third-order valence-electron chi connectivity index (χ3n) is 5.51. The van der Waals surface area contributed by atoms with E-state index in [1.54, 1.807) is 31.2 Å². The van der Waals surface area contributed by atoms with Crippen LogP contribution >= 0.6 is 0 Å². The van der Waals surface area contributed by atoms with E-state index in [9.17, 15) is 28.0 Å². The topological polar surface area (TPSA) is 124 Å². The van der Waals surface area contributed by atoms with Crippen molar-refractivity contribution in [2.75, 3.05) is 5.32 Å². The third-order valence-corrected chi connectivity index (χ3v) is 5.51. The number of nitrogens with zero attached hydrogens (tertiary/aromatic N) is 1. The fraction of sp³-hybridized carbons (Fsp3) is 0.222. The summed E-state index contributed by atoms with van der Waals surface area (Å²) in [5.74, 6) is -4.14. The van der Waals surface area contributed by atoms with Crippen molar-refractivity contribution in [3.63, 3.8) is 0 Å². The molecule has 0 saturated carbocycles. The molecule has 1 aromatic heterocycles. The molecule has 0 spiro atoms. The molecule has 0 saturated heterocycles. The Hall–Kier alpha value is -4.67. The highest BCUT2D eigenvalue weighted by atomic mass is 19.1. The van der Waals surface area contributed by atoms with Crippen molar-refractivity contribution in [2.45, 2.75) is 38.8 Å². The Balaban J connectivity index is 1.79. The quantitative estimate of drug-likeness (QED) is 0.305. The van der Waals surface area contributed by atoms with Gasteiger partial charge in [-0.05, 0) is 55.3 Å². The number of anilines is 1. The van der Waals surface area contributed by atoms with Gasteiger partial charge in [-0.3, -0.25) is 14.4 Å². The van der Waals surface area contributed by atoms with Crippen molar-refractivity contribution < 1.29 is 37.4 Å². The van der Waals surface area contributed by atoms with E-state index in [0.717, 1.165) is 6.92 Å². The second kappa shape index (κ2) is 12.5. The SMILES string of the molecule is CC(=O)Oc1c(NC=O)ccnc1C(=O)N[C@@H](C)C(=O)OC(C)C(c1ccc(F)cc1)c1ccc(F)cc1. The summed E-state index contributed by atoms with van der Waals surface area (Å²) in [4.78, 5) is 52.1. The van der Waals surface area contributed by atoms with Crippen molar-refractivity contribution >= 4 is 29.9 Å². The van der Waals surface area contributed by atoms with Gasteiger partial charge in [-0.15, -0.1) is 0 Å². The number of esters is 2. The van der Waals surface area contributed by atoms with Crippen LogP contribution in [0.5, 0.6) is 5.75 Å². The summed E-state index contributed by atoms with van der Waals surface area (Å²) >= 11 is 0. The van der Waals surface area contributed by atoms with E-state index >= 15 is 0 Å². The Labute approximate surface area is 217 Å². The van der Waals surface area contributed by atoms with E-state index in [4.69, 9.17) is 9.47 Å². The van der Waals surface area contributed by atoms with Crippen molar-refractivity contribution in [3.8, 4) is 5.75 Å². The van der Waals surface area contributed by atoms with Gasteiger partial charge in [-0.2, -0.15) is 0 Å². The molecular weight excluding hydrogens is 500 g/mol. The Morgan fingerprint density at radius 2 is 1.47 bits per heavy atom. The van der Waals surface area contributed by atoms with Crippen LogP contribution in [0.4, 0.5) is 14.5 Å². The largest absolute Gasteiger partial charge is 0.460 e. The van der Waals surface area contributed by atoms with Crippen LogP contribution in [-0.4, -0.2) is 41.4 Å². The fourth-order valence-electron chi connectivity index (χ4n) is 3.79. The molecule has 1 heterocycles. The first-order valence-corrected chi connectivity index (χ1v) is 11.5. The van der Waals surface area contributed by atoms with Crippen LogP contribution in [0.3, 0.4) is 0 Å². The molecular formula is C27H25F2N3O6. The van der Waals surface area contributed by atoms with Gasteiger partial charge in [0.05, 0.1) is 5.69 Å². The second-order valence-corrected chi connectivity index (χ2v) is 8.31. The summed E-state index contributed by atoms with van der Waals surface area (Å²) in [5.41, 5.74) is 0.949. The summed E-state index contributed by atoms with van der Waals surface area (Å²) in [6.07, 6.45) is 0.756. The van der Waals surface area contributed by atoms with E-state index in [1.807, 2.05) is 0 Å². The molecule has 0 aliphatic carbocycles. The van der Waals surface area contributed by atoms with Crippen LogP contribution in [0, 0.1) is 11.6 Å². The van der Waals surface area contributed by atoms with E-state index in [1.165, 1.54) is 43.5 Å². The summed E-state index contributed by atoms with van der Waals surface area (Å²) in [5, 5.41) is 4.75. The first kappa shape index (κ1) is 27.9. The number of benzene rings is 2. The molecule has 2 atom stereocenters. The van der Waals surface area contributed by atoms with Gasteiger partial charge < -0.3 is 20.1 Å². The zero-order valence-corrected chi connectivity index (χ0v) is 20.7. The van der Waals surface area contributed by atoms with Gasteiger partial charge in [0.25, 0.3) is 5.91 Å². The van der Waals surface area contributed by atoms with Crippen LogP contribution < -0.4 is 15.4 Å². The van der Waals surface area contributed by atoms with Gasteiger partial charge in [-0.1, -0.05) is 24.3 Å². The molecule has 2 amide bonds. The summed E-state index contributed by atoms with van der Waals surface area (Å²) in [6.45, 7) is 4.12. The number of hydrogen-bond donors (Lipinski definition) is 2. The van der Waals surface area contributed by atoms with E-state index in [-0.39, 0.29) is 17.1 Å². The molecule has 198 valence electrons. The maximum absolute atomic E-state index is 13.5. The summed E-state index contributed by atoms with van der Waals surface area (Å²) in [7, 11) is 0. The molecule has 0 bridgehead atoms. The minimum atomic E-state index is -1.17. The van der Waals surface area contributed by atoms with Crippen LogP contribution in [0.2, 0.25) is 0 Å². The van der Waals surface area contributed by atoms with E-state index in [2.05, 4.69) is 15.6 Å². The maximum atomic E-state index is 13.5. The van der Waals surface area contributed by atoms with Gasteiger partial charge in [0.15, 0.2) is 11.4 Å². The molecule has 0 aliphatic rings. The van der Waals surface area contributed by atoms with Crippen LogP contribution in [0.25, 0.3) is 0 Å². The molecule has 0 radical (unpaired) electrons. The standard InChI is InChI=1S/C27H25F2N3O6/c1-15(32-26(35)24-25(38-17(3)34)22(31-14-33)12-13-30-24)27(36)37-16(2)23(18-4-8-20(28)9-5-18)19-6-10-21(29)11-7-19/h4-16,23H,1-3H3,(H,32,35)(H,30,31,33)/t15-,16?/m0/s1. The lowest BCUT2D eigenvalue weighted by Crippen LogP contribution is -2.41. The average molecular weight is 526 g/mol. The zero-order valence-electron chi connectivity index (χ0n) is 20.7. The Morgan fingerprint density at radius 1 is 0.921 bits per heavy atom. The van der Waals surface area contributed by atoms with Gasteiger partial charge in [0.2, 0.25) is 6.41 Å². The lowest BCUT2D eigenvalue weighted by atomic mass is 9.87. The van der Waals surface area contributed by atoms with E-state index in [0.29, 0.717) is 17.5 Å². The second-order valence-electron chi connectivity index (χ2n) is 8.31. The summed E-state index contributed by atoms with van der Waals surface area (Å²) in [6, 6.07) is 11.4. The smallest absolute Gasteiger partial charge is 0.328 e. The predicted molar refractivity (Wildman–Crippen MR) is 132 cm³/mol. The molecule has 2 N–H and O–H groups in total. The Morgan fingerprint density at radius 3 is 1.97 bits per heavy atom. The molecule has 38 heavy (non-hydrogen) atoms. The Bertz CT molecular complexity index is 1270. The third kappa shape index (κ3) is 6.96. The molecule has 3 rings (SSSR count). The van der Waals surface area contributed by atoms with Crippen molar-refractivity contribution in [3.05, 3.63) is 89.2 Å². The highest BCUT2D eigenvalue weighted by Crippen LogP contribution is 2.31. The number of pyridine rings is 1. The number of rotatable bonds is 10. The molecule has 9 nitrogen and oxygen atoms in total. The van der Waals surface area contributed by atoms with Gasteiger partial charge in [0.1, 0.15) is 23.8 Å². The van der Waals surface area contributed by atoms with Crippen molar-refractivity contribution in [1.29, 1.82) is 0 Å². The van der Waals surface area contributed by atoms with Gasteiger partial charge in [0, 0.05) is 19.0 Å². The van der Waals surface area contributed by atoms with Crippen molar-refractivity contribution in [2.24, 2.45) is 0 Å². The zero-order chi connectivity index (χ0) is 27.8. The number of ether oxygens (including phenoxy) is 2. The minimum absolute atomic E-state index is 0.0284. The molecule has 11 heteroatoms. The predicted octanol–water partition coefficient (Wildman–Crippen LogP) is 3.74. The lowest BCUT2D eigenvalue weighted by Gasteiger charge is -2.26. The Kier molecular flexibility index (Phi) is 9.20. The number of carbonyl (C=O) groups excluding carboxylic acids is 4. The fourth-order valence-corrected chi connectivity index (χ4v) is 3.79. The average Bonchev–Trinajstić information content (AvgIpc) is 2.87. The summed E-state index contributed by atoms with van der Waals surface area (Å²) < 4.78 is 37.7. The van der Waals surface area contributed by atoms with Crippen LogP contribution in [0.15, 0.2) is 60.8 Å². The first-order valence-electron chi connectivity index (χ1n) is 11.5. The highest BCUT2D eigenvalue weighted by molar-refractivity contribution is 6.00. The monoisotopic (exact) mass is 525 g/mol. The number of nitrogens with one attached hydrogen (secondary N) is 2. The van der Waals surface area contributed by atoms with Gasteiger partial charge >= 0.3 is 11.9 Å². The number of carbonyl (C=O) groups is 4. The maximum Gasteiger partial charge on any atom is 0.328 e. The van der Waals surface area contributed by atoms with Gasteiger partial charge in [-0.25, -0.2) is 18.6 Å². The minimum Gasteiger partial charge on any atom is -0.460 e. The molecule has 0 fully saturated rings. The van der Waals surface area contributed by atoms with Crippen LogP contribution in [-0.2, 0) is 19.1 Å². The highest BCUT2D eigenvalue weighted by Gasteiger charge is 2.29. The number of amides is 2. The molecule has 0 aliphatic heterocycles. The number of aromatic nitrogens is 1. The first-order chi connectivity index (χ1) is 18.1.